The SMILES string of the molecule is CC(N)C(OC1CCC1)c1cccnc1. The Morgan fingerprint density at radius 3 is 2.80 bits per heavy atom. The van der Waals surface area contributed by atoms with Gasteiger partial charge in [0, 0.05) is 24.0 Å². The first kappa shape index (κ1) is 10.6. The van der Waals surface area contributed by atoms with Gasteiger partial charge in [-0.2, -0.15) is 0 Å². The molecule has 1 fully saturated rings. The lowest BCUT2D eigenvalue weighted by atomic mass is 9.95. The van der Waals surface area contributed by atoms with Gasteiger partial charge >= 0.3 is 0 Å². The number of nitrogens with two attached hydrogens (primary N) is 1. The molecule has 15 heavy (non-hydrogen) atoms. The predicted octanol–water partition coefficient (Wildman–Crippen LogP) is 2.04. The van der Waals surface area contributed by atoms with Crippen LogP contribution in [-0.2, 0) is 4.74 Å². The van der Waals surface area contributed by atoms with Crippen LogP contribution in [0.4, 0.5) is 0 Å². The molecule has 0 saturated heterocycles. The molecular formula is C12H18N2O. The minimum atomic E-state index is -0.0102. The Bertz CT molecular complexity index is 296. The van der Waals surface area contributed by atoms with E-state index in [1.165, 1.54) is 19.3 Å². The Kier molecular flexibility index (Phi) is 3.34. The second-order valence-electron chi connectivity index (χ2n) is 4.26. The maximum atomic E-state index is 5.97. The van der Waals surface area contributed by atoms with Crippen molar-refractivity contribution in [3.05, 3.63) is 30.1 Å². The number of rotatable bonds is 4. The van der Waals surface area contributed by atoms with E-state index in [1.54, 1.807) is 6.20 Å². The molecule has 2 N–H and O–H groups in total. The van der Waals surface area contributed by atoms with E-state index in [4.69, 9.17) is 10.5 Å². The van der Waals surface area contributed by atoms with E-state index < -0.39 is 0 Å². The molecule has 0 amide bonds. The third-order valence-electron chi connectivity index (χ3n) is 2.88. The summed E-state index contributed by atoms with van der Waals surface area (Å²) in [6, 6.07) is 3.96. The van der Waals surface area contributed by atoms with E-state index >= 15 is 0 Å². The van der Waals surface area contributed by atoms with E-state index in [-0.39, 0.29) is 12.1 Å². The normalized spacial score (nSPS) is 20.7. The van der Waals surface area contributed by atoms with Gasteiger partial charge in [0.1, 0.15) is 0 Å². The van der Waals surface area contributed by atoms with Crippen molar-refractivity contribution < 1.29 is 4.74 Å². The van der Waals surface area contributed by atoms with Gasteiger partial charge in [-0.3, -0.25) is 4.98 Å². The maximum Gasteiger partial charge on any atom is 0.0991 e. The van der Waals surface area contributed by atoms with Gasteiger partial charge < -0.3 is 10.5 Å². The quantitative estimate of drug-likeness (QED) is 0.820. The summed E-state index contributed by atoms with van der Waals surface area (Å²) < 4.78 is 5.97. The molecule has 1 aromatic heterocycles. The summed E-state index contributed by atoms with van der Waals surface area (Å²) in [5, 5.41) is 0. The molecule has 2 unspecified atom stereocenters. The van der Waals surface area contributed by atoms with Gasteiger partial charge in [-0.1, -0.05) is 6.07 Å². The average molecular weight is 206 g/mol. The molecule has 0 aliphatic heterocycles. The fourth-order valence-electron chi connectivity index (χ4n) is 1.76. The Morgan fingerprint density at radius 2 is 2.33 bits per heavy atom. The Morgan fingerprint density at radius 1 is 1.53 bits per heavy atom. The first-order valence-corrected chi connectivity index (χ1v) is 5.58. The molecule has 1 aliphatic carbocycles. The van der Waals surface area contributed by atoms with Crippen LogP contribution < -0.4 is 5.73 Å². The van der Waals surface area contributed by atoms with Crippen molar-refractivity contribution in [1.29, 1.82) is 0 Å². The molecule has 0 bridgehead atoms. The van der Waals surface area contributed by atoms with Gasteiger partial charge in [0.15, 0.2) is 0 Å². The van der Waals surface area contributed by atoms with Gasteiger partial charge in [0.05, 0.1) is 12.2 Å². The Balaban J connectivity index is 2.05. The van der Waals surface area contributed by atoms with Crippen LogP contribution in [0.5, 0.6) is 0 Å². The topological polar surface area (TPSA) is 48.1 Å². The lowest BCUT2D eigenvalue weighted by molar-refractivity contribution is -0.0612. The molecule has 3 heteroatoms. The van der Waals surface area contributed by atoms with Crippen molar-refractivity contribution in [3.8, 4) is 0 Å². The number of hydrogen-bond donors (Lipinski definition) is 1. The van der Waals surface area contributed by atoms with Crippen LogP contribution in [0.15, 0.2) is 24.5 Å². The third-order valence-corrected chi connectivity index (χ3v) is 2.88. The summed E-state index contributed by atoms with van der Waals surface area (Å²) >= 11 is 0. The number of pyridine rings is 1. The van der Waals surface area contributed by atoms with Crippen LogP contribution in [0.2, 0.25) is 0 Å². The second-order valence-corrected chi connectivity index (χ2v) is 4.26. The minimum absolute atomic E-state index is 0.00907. The van der Waals surface area contributed by atoms with E-state index in [2.05, 4.69) is 4.98 Å². The summed E-state index contributed by atoms with van der Waals surface area (Å²) in [5.41, 5.74) is 7.03. The maximum absolute atomic E-state index is 5.97. The molecule has 3 nitrogen and oxygen atoms in total. The largest absolute Gasteiger partial charge is 0.369 e. The van der Waals surface area contributed by atoms with Crippen molar-refractivity contribution in [2.45, 2.75) is 44.4 Å². The second kappa shape index (κ2) is 4.73. The smallest absolute Gasteiger partial charge is 0.0991 e. The lowest BCUT2D eigenvalue weighted by Gasteiger charge is -2.32. The molecule has 1 heterocycles. The minimum Gasteiger partial charge on any atom is -0.369 e. The van der Waals surface area contributed by atoms with Crippen molar-refractivity contribution in [2.75, 3.05) is 0 Å². The molecule has 1 saturated carbocycles. The molecule has 2 atom stereocenters. The predicted molar refractivity (Wildman–Crippen MR) is 59.4 cm³/mol. The summed E-state index contributed by atoms with van der Waals surface area (Å²) in [7, 11) is 0. The van der Waals surface area contributed by atoms with Gasteiger partial charge in [-0.05, 0) is 32.3 Å². The van der Waals surface area contributed by atoms with Crippen molar-refractivity contribution in [2.24, 2.45) is 5.73 Å². The van der Waals surface area contributed by atoms with Crippen LogP contribution in [0.25, 0.3) is 0 Å². The summed E-state index contributed by atoms with van der Waals surface area (Å²) in [6.07, 6.45) is 7.62. The highest BCUT2D eigenvalue weighted by Gasteiger charge is 2.25. The number of hydrogen-bond acceptors (Lipinski definition) is 3. The van der Waals surface area contributed by atoms with Gasteiger partial charge in [-0.15, -0.1) is 0 Å². The molecule has 0 aromatic carbocycles. The first-order chi connectivity index (χ1) is 7.27. The van der Waals surface area contributed by atoms with Crippen LogP contribution in [0.1, 0.15) is 37.9 Å². The van der Waals surface area contributed by atoms with Crippen molar-refractivity contribution in [1.82, 2.24) is 4.98 Å². The number of ether oxygens (including phenoxy) is 1. The van der Waals surface area contributed by atoms with Crippen molar-refractivity contribution in [3.63, 3.8) is 0 Å². The van der Waals surface area contributed by atoms with E-state index in [0.717, 1.165) is 5.56 Å². The first-order valence-electron chi connectivity index (χ1n) is 5.58. The zero-order chi connectivity index (χ0) is 10.7. The Labute approximate surface area is 90.7 Å². The van der Waals surface area contributed by atoms with Crippen LogP contribution in [0, 0.1) is 0 Å². The van der Waals surface area contributed by atoms with Crippen LogP contribution in [0.3, 0.4) is 0 Å². The van der Waals surface area contributed by atoms with E-state index in [0.29, 0.717) is 6.10 Å². The standard InChI is InChI=1S/C12H18N2O/c1-9(13)12(15-11-5-2-6-11)10-4-3-7-14-8-10/h3-4,7-9,11-12H,2,5-6,13H2,1H3. The van der Waals surface area contributed by atoms with E-state index in [9.17, 15) is 0 Å². The highest BCUT2D eigenvalue weighted by Crippen LogP contribution is 2.29. The highest BCUT2D eigenvalue weighted by molar-refractivity contribution is 5.14. The molecule has 2 rings (SSSR count). The summed E-state index contributed by atoms with van der Waals surface area (Å²) in [4.78, 5) is 4.10. The molecule has 0 spiro atoms. The monoisotopic (exact) mass is 206 g/mol. The fraction of sp³-hybridized carbons (Fsp3) is 0.583. The zero-order valence-corrected chi connectivity index (χ0v) is 9.10. The molecule has 1 aromatic rings. The third kappa shape index (κ3) is 2.55. The van der Waals surface area contributed by atoms with Gasteiger partial charge in [0.2, 0.25) is 0 Å². The van der Waals surface area contributed by atoms with Crippen molar-refractivity contribution >= 4 is 0 Å². The average Bonchev–Trinajstić information content (AvgIpc) is 2.17. The molecule has 0 radical (unpaired) electrons. The van der Waals surface area contributed by atoms with Gasteiger partial charge in [-0.25, -0.2) is 0 Å². The fourth-order valence-corrected chi connectivity index (χ4v) is 1.76. The molecule has 1 aliphatic rings. The number of aromatic nitrogens is 1. The number of nitrogens with zero attached hydrogens (tertiary/aromatic N) is 1. The van der Waals surface area contributed by atoms with Gasteiger partial charge in [0.25, 0.3) is 0 Å². The highest BCUT2D eigenvalue weighted by atomic mass is 16.5. The lowest BCUT2D eigenvalue weighted by Crippen LogP contribution is -2.33. The summed E-state index contributed by atoms with van der Waals surface area (Å²) in [6.45, 7) is 1.98. The Hall–Kier alpha value is -0.930. The zero-order valence-electron chi connectivity index (χ0n) is 9.10. The molecular weight excluding hydrogens is 188 g/mol. The van der Waals surface area contributed by atoms with Crippen LogP contribution >= 0.6 is 0 Å². The molecule has 82 valence electrons. The van der Waals surface area contributed by atoms with Crippen LogP contribution in [-0.4, -0.2) is 17.1 Å². The van der Waals surface area contributed by atoms with E-state index in [1.807, 2.05) is 25.3 Å². The summed E-state index contributed by atoms with van der Waals surface area (Å²) in [5.74, 6) is 0.